The smallest absolute Gasteiger partial charge is 0.237 e. The van der Waals surface area contributed by atoms with Crippen molar-refractivity contribution in [3.05, 3.63) is 40.4 Å². The van der Waals surface area contributed by atoms with Gasteiger partial charge in [-0.05, 0) is 24.6 Å². The first kappa shape index (κ1) is 18.5. The molecule has 2 amide bonds. The molecule has 136 valence electrons. The molecule has 1 aromatic heterocycles. The molecule has 2 heterocycles. The number of carbonyl (C=O) groups excluding carboxylic acids is 3. The first-order chi connectivity index (χ1) is 12.5. The number of benzene rings is 1. The number of unbranched alkanes of at least 4 members (excludes halogenated alkanes) is 1. The van der Waals surface area contributed by atoms with Gasteiger partial charge in [-0.3, -0.25) is 14.4 Å². The van der Waals surface area contributed by atoms with Crippen LogP contribution in [0.25, 0.3) is 0 Å². The average molecular weight is 392 g/mol. The van der Waals surface area contributed by atoms with Crippen molar-refractivity contribution < 1.29 is 14.4 Å². The highest BCUT2D eigenvalue weighted by atomic mass is 35.5. The largest absolute Gasteiger partial charge is 0.312 e. The molecule has 0 saturated heterocycles. The number of ketones is 1. The van der Waals surface area contributed by atoms with Crippen LogP contribution in [0.1, 0.15) is 36.5 Å². The van der Waals surface area contributed by atoms with Gasteiger partial charge in [0.25, 0.3) is 0 Å². The molecule has 6 nitrogen and oxygen atoms in total. The fourth-order valence-electron chi connectivity index (χ4n) is 2.89. The van der Waals surface area contributed by atoms with Crippen molar-refractivity contribution in [1.82, 2.24) is 4.98 Å². The van der Waals surface area contributed by atoms with E-state index in [1.807, 2.05) is 6.92 Å². The molecule has 1 unspecified atom stereocenters. The van der Waals surface area contributed by atoms with Gasteiger partial charge in [0.05, 0.1) is 5.69 Å². The number of nitrogens with zero attached hydrogens (tertiary/aromatic N) is 2. The van der Waals surface area contributed by atoms with Gasteiger partial charge in [0, 0.05) is 35.1 Å². The van der Waals surface area contributed by atoms with Crippen molar-refractivity contribution in [3.8, 4) is 0 Å². The molecule has 26 heavy (non-hydrogen) atoms. The number of thiazole rings is 1. The number of hydrogen-bond donors (Lipinski definition) is 1. The predicted molar refractivity (Wildman–Crippen MR) is 102 cm³/mol. The predicted octanol–water partition coefficient (Wildman–Crippen LogP) is 3.77. The summed E-state index contributed by atoms with van der Waals surface area (Å²) in [4.78, 5) is 43.9. The topological polar surface area (TPSA) is 79.4 Å². The standard InChI is InChI=1S/C18H18ClN3O3S/c1-2-3-7-22-14-9-11(19)4-5-12(14)16(24)13(10-15(22)23)17(25)21-18-20-6-8-26-18/h4-6,8-9,13H,2-3,7,10H2,1H3,(H,20,21,25). The van der Waals surface area contributed by atoms with E-state index in [-0.39, 0.29) is 18.1 Å². The summed E-state index contributed by atoms with van der Waals surface area (Å²) in [5.41, 5.74) is 0.821. The van der Waals surface area contributed by atoms with E-state index in [1.165, 1.54) is 11.3 Å². The van der Waals surface area contributed by atoms with Crippen molar-refractivity contribution in [2.75, 3.05) is 16.8 Å². The molecule has 0 bridgehead atoms. The molecule has 8 heteroatoms. The van der Waals surface area contributed by atoms with E-state index in [9.17, 15) is 14.4 Å². The number of nitrogens with one attached hydrogen (secondary N) is 1. The Bertz CT molecular complexity index is 838. The Morgan fingerprint density at radius 3 is 2.92 bits per heavy atom. The van der Waals surface area contributed by atoms with E-state index in [1.54, 1.807) is 34.7 Å². The first-order valence-electron chi connectivity index (χ1n) is 8.35. The normalized spacial score (nSPS) is 17.0. The Balaban J connectivity index is 1.96. The highest BCUT2D eigenvalue weighted by molar-refractivity contribution is 7.13. The molecule has 0 fully saturated rings. The van der Waals surface area contributed by atoms with E-state index in [0.717, 1.165) is 12.8 Å². The van der Waals surface area contributed by atoms with Crippen LogP contribution in [0.5, 0.6) is 0 Å². The summed E-state index contributed by atoms with van der Waals surface area (Å²) < 4.78 is 0. The average Bonchev–Trinajstić information content (AvgIpc) is 3.09. The number of hydrogen-bond acceptors (Lipinski definition) is 5. The lowest BCUT2D eigenvalue weighted by Crippen LogP contribution is -2.35. The quantitative estimate of drug-likeness (QED) is 0.787. The molecule has 3 rings (SSSR count). The highest BCUT2D eigenvalue weighted by Crippen LogP contribution is 2.33. The second-order valence-electron chi connectivity index (χ2n) is 6.01. The van der Waals surface area contributed by atoms with Gasteiger partial charge in [0.15, 0.2) is 10.9 Å². The van der Waals surface area contributed by atoms with Crippen LogP contribution in [-0.4, -0.2) is 29.1 Å². The summed E-state index contributed by atoms with van der Waals surface area (Å²) >= 11 is 7.34. The third-order valence-corrected chi connectivity index (χ3v) is 5.15. The lowest BCUT2D eigenvalue weighted by Gasteiger charge is -2.22. The SMILES string of the molecule is CCCCN1C(=O)CC(C(=O)Nc2nccs2)C(=O)c2ccc(Cl)cc21. The molecule has 0 aliphatic carbocycles. The number of Topliss-reactive ketones (excluding diaryl/α,β-unsaturated/α-hetero) is 1. The second-order valence-corrected chi connectivity index (χ2v) is 7.34. The van der Waals surface area contributed by atoms with E-state index in [4.69, 9.17) is 11.6 Å². The molecule has 1 aliphatic rings. The number of amides is 2. The lowest BCUT2D eigenvalue weighted by molar-refractivity contribution is -0.124. The number of aromatic nitrogens is 1. The molecule has 0 spiro atoms. The Morgan fingerprint density at radius 1 is 1.42 bits per heavy atom. The van der Waals surface area contributed by atoms with Crippen LogP contribution in [0, 0.1) is 5.92 Å². The molecule has 2 aromatic rings. The maximum atomic E-state index is 13.0. The molecule has 1 aliphatic heterocycles. The van der Waals surface area contributed by atoms with Gasteiger partial charge in [0.1, 0.15) is 5.92 Å². The monoisotopic (exact) mass is 391 g/mol. The zero-order chi connectivity index (χ0) is 18.7. The van der Waals surface area contributed by atoms with Crippen LogP contribution in [0.3, 0.4) is 0 Å². The van der Waals surface area contributed by atoms with E-state index in [0.29, 0.717) is 27.9 Å². The fourth-order valence-corrected chi connectivity index (χ4v) is 3.59. The molecule has 1 atom stereocenters. The van der Waals surface area contributed by atoms with Crippen molar-refractivity contribution in [2.45, 2.75) is 26.2 Å². The minimum atomic E-state index is -1.09. The number of carbonyl (C=O) groups is 3. The third kappa shape index (κ3) is 3.78. The zero-order valence-corrected chi connectivity index (χ0v) is 15.8. The molecule has 0 saturated carbocycles. The van der Waals surface area contributed by atoms with Crippen LogP contribution < -0.4 is 10.2 Å². The Kier molecular flexibility index (Phi) is 5.68. The van der Waals surface area contributed by atoms with Crippen LogP contribution in [-0.2, 0) is 9.59 Å². The third-order valence-electron chi connectivity index (χ3n) is 4.23. The van der Waals surface area contributed by atoms with Crippen molar-refractivity contribution in [2.24, 2.45) is 5.92 Å². The van der Waals surface area contributed by atoms with Crippen molar-refractivity contribution >= 4 is 51.4 Å². The van der Waals surface area contributed by atoms with Gasteiger partial charge in [-0.25, -0.2) is 4.98 Å². The van der Waals surface area contributed by atoms with Crippen LogP contribution >= 0.6 is 22.9 Å². The van der Waals surface area contributed by atoms with E-state index in [2.05, 4.69) is 10.3 Å². The van der Waals surface area contributed by atoms with Gasteiger partial charge in [-0.2, -0.15) is 0 Å². The first-order valence-corrected chi connectivity index (χ1v) is 9.61. The van der Waals surface area contributed by atoms with Gasteiger partial charge in [-0.1, -0.05) is 24.9 Å². The van der Waals surface area contributed by atoms with Crippen molar-refractivity contribution in [1.29, 1.82) is 0 Å². The Hall–Kier alpha value is -2.25. The molecule has 0 radical (unpaired) electrons. The summed E-state index contributed by atoms with van der Waals surface area (Å²) in [6, 6.07) is 4.80. The van der Waals surface area contributed by atoms with Crippen LogP contribution in [0.4, 0.5) is 10.8 Å². The lowest BCUT2D eigenvalue weighted by atomic mass is 9.94. The Morgan fingerprint density at radius 2 is 2.23 bits per heavy atom. The van der Waals surface area contributed by atoms with E-state index < -0.39 is 11.8 Å². The molecule has 1 aromatic carbocycles. The summed E-state index contributed by atoms with van der Waals surface area (Å²) in [5.74, 6) is -2.24. The van der Waals surface area contributed by atoms with Gasteiger partial charge < -0.3 is 10.2 Å². The van der Waals surface area contributed by atoms with Crippen LogP contribution in [0.15, 0.2) is 29.8 Å². The fraction of sp³-hybridized carbons (Fsp3) is 0.333. The minimum absolute atomic E-state index is 0.175. The highest BCUT2D eigenvalue weighted by Gasteiger charge is 2.37. The number of anilines is 2. The number of fused-ring (bicyclic) bond motifs is 1. The molecule has 1 N–H and O–H groups in total. The maximum Gasteiger partial charge on any atom is 0.237 e. The van der Waals surface area contributed by atoms with Gasteiger partial charge >= 0.3 is 0 Å². The molecular formula is C18H18ClN3O3S. The van der Waals surface area contributed by atoms with Gasteiger partial charge in [-0.15, -0.1) is 11.3 Å². The molecular weight excluding hydrogens is 374 g/mol. The number of halogens is 1. The maximum absolute atomic E-state index is 13.0. The van der Waals surface area contributed by atoms with E-state index >= 15 is 0 Å². The Labute approximate surface area is 160 Å². The second kappa shape index (κ2) is 7.97. The van der Waals surface area contributed by atoms with Crippen LogP contribution in [0.2, 0.25) is 5.02 Å². The summed E-state index contributed by atoms with van der Waals surface area (Å²) in [5, 5.41) is 5.19. The number of rotatable bonds is 5. The summed E-state index contributed by atoms with van der Waals surface area (Å²) in [6.45, 7) is 2.51. The van der Waals surface area contributed by atoms with Crippen molar-refractivity contribution in [3.63, 3.8) is 0 Å². The minimum Gasteiger partial charge on any atom is -0.312 e. The van der Waals surface area contributed by atoms with Gasteiger partial charge in [0.2, 0.25) is 11.8 Å². The summed E-state index contributed by atoms with van der Waals surface area (Å²) in [7, 11) is 0. The summed E-state index contributed by atoms with van der Waals surface area (Å²) in [6.07, 6.45) is 3.08. The zero-order valence-electron chi connectivity index (χ0n) is 14.2.